The molecule has 0 radical (unpaired) electrons. The van der Waals surface area contributed by atoms with E-state index in [4.69, 9.17) is 14.2 Å². The van der Waals surface area contributed by atoms with E-state index < -0.39 is 0 Å². The Kier molecular flexibility index (Phi) is 4.26. The zero-order valence-electron chi connectivity index (χ0n) is 12.7. The topological polar surface area (TPSA) is 65.5 Å². The third-order valence-electron chi connectivity index (χ3n) is 3.93. The molecule has 3 heterocycles. The maximum absolute atomic E-state index is 6.01. The molecule has 0 amide bonds. The molecule has 1 atom stereocenters. The van der Waals surface area contributed by atoms with Gasteiger partial charge in [0.1, 0.15) is 6.10 Å². The highest BCUT2D eigenvalue weighted by Gasteiger charge is 2.42. The van der Waals surface area contributed by atoms with Crippen molar-refractivity contribution in [3.05, 3.63) is 12.3 Å². The average molecular weight is 293 g/mol. The number of ether oxygens (including phenoxy) is 3. The first-order valence-electron chi connectivity index (χ1n) is 7.66. The third kappa shape index (κ3) is 3.63. The molecule has 0 saturated carbocycles. The molecule has 2 fully saturated rings. The lowest BCUT2D eigenvalue weighted by molar-refractivity contribution is -0.0206. The lowest BCUT2D eigenvalue weighted by Crippen LogP contribution is -2.41. The van der Waals surface area contributed by atoms with Crippen molar-refractivity contribution in [1.29, 1.82) is 0 Å². The van der Waals surface area contributed by atoms with Crippen LogP contribution in [-0.4, -0.2) is 47.5 Å². The summed E-state index contributed by atoms with van der Waals surface area (Å²) in [5.41, 5.74) is -0.0119. The maximum atomic E-state index is 6.01. The number of hydrogen-bond acceptors (Lipinski definition) is 6. The SMILES string of the molecule is CC(C)Oc1ccnc(OC2COC3(CCNCC3)C2)n1. The molecule has 2 saturated heterocycles. The molecule has 0 aromatic carbocycles. The van der Waals surface area contributed by atoms with Crippen molar-refractivity contribution in [3.63, 3.8) is 0 Å². The highest BCUT2D eigenvalue weighted by Crippen LogP contribution is 2.35. The molecule has 0 aliphatic carbocycles. The smallest absolute Gasteiger partial charge is 0.320 e. The molecule has 116 valence electrons. The van der Waals surface area contributed by atoms with Crippen LogP contribution in [0.15, 0.2) is 12.3 Å². The molecule has 1 unspecified atom stereocenters. The van der Waals surface area contributed by atoms with E-state index in [0.29, 0.717) is 18.5 Å². The number of piperidine rings is 1. The standard InChI is InChI=1S/C15H23N3O3/c1-11(2)20-13-3-6-17-14(18-13)21-12-9-15(19-10-12)4-7-16-8-5-15/h3,6,11-12,16H,4-5,7-10H2,1-2H3. The lowest BCUT2D eigenvalue weighted by Gasteiger charge is -2.32. The molecular formula is C15H23N3O3. The number of hydrogen-bond donors (Lipinski definition) is 1. The summed E-state index contributed by atoms with van der Waals surface area (Å²) in [5.74, 6) is 0.547. The van der Waals surface area contributed by atoms with E-state index in [2.05, 4.69) is 15.3 Å². The highest BCUT2D eigenvalue weighted by atomic mass is 16.6. The van der Waals surface area contributed by atoms with E-state index in [9.17, 15) is 0 Å². The van der Waals surface area contributed by atoms with Gasteiger partial charge in [0.25, 0.3) is 0 Å². The van der Waals surface area contributed by atoms with Crippen molar-refractivity contribution in [1.82, 2.24) is 15.3 Å². The summed E-state index contributed by atoms with van der Waals surface area (Å²) in [6.45, 7) is 6.57. The van der Waals surface area contributed by atoms with Crippen LogP contribution in [0.4, 0.5) is 0 Å². The summed E-state index contributed by atoms with van der Waals surface area (Å²) in [4.78, 5) is 8.45. The first kappa shape index (κ1) is 14.5. The molecule has 2 aliphatic rings. The van der Waals surface area contributed by atoms with E-state index >= 15 is 0 Å². The van der Waals surface area contributed by atoms with Crippen molar-refractivity contribution in [2.24, 2.45) is 0 Å². The van der Waals surface area contributed by atoms with E-state index in [0.717, 1.165) is 32.4 Å². The van der Waals surface area contributed by atoms with Gasteiger partial charge >= 0.3 is 6.01 Å². The molecule has 3 rings (SSSR count). The van der Waals surface area contributed by atoms with Crippen LogP contribution in [0.3, 0.4) is 0 Å². The second-order valence-corrected chi connectivity index (χ2v) is 6.03. The second kappa shape index (κ2) is 6.15. The first-order chi connectivity index (χ1) is 10.2. The van der Waals surface area contributed by atoms with Gasteiger partial charge in [0.2, 0.25) is 5.88 Å². The van der Waals surface area contributed by atoms with Crippen molar-refractivity contribution in [2.75, 3.05) is 19.7 Å². The van der Waals surface area contributed by atoms with Gasteiger partial charge in [-0.2, -0.15) is 4.98 Å². The molecule has 2 aliphatic heterocycles. The Hall–Kier alpha value is -1.40. The monoisotopic (exact) mass is 293 g/mol. The molecule has 1 aromatic rings. The molecule has 6 heteroatoms. The molecule has 1 spiro atoms. The second-order valence-electron chi connectivity index (χ2n) is 6.03. The number of nitrogens with one attached hydrogen (secondary N) is 1. The fourth-order valence-corrected chi connectivity index (χ4v) is 2.95. The van der Waals surface area contributed by atoms with Gasteiger partial charge in [-0.3, -0.25) is 0 Å². The molecule has 0 bridgehead atoms. The van der Waals surface area contributed by atoms with E-state index in [1.54, 1.807) is 12.3 Å². The van der Waals surface area contributed by atoms with Crippen molar-refractivity contribution in [2.45, 2.75) is 50.9 Å². The van der Waals surface area contributed by atoms with Gasteiger partial charge in [-0.15, -0.1) is 0 Å². The van der Waals surface area contributed by atoms with Gasteiger partial charge in [0.15, 0.2) is 0 Å². The number of nitrogens with zero attached hydrogens (tertiary/aromatic N) is 2. The quantitative estimate of drug-likeness (QED) is 0.908. The minimum absolute atomic E-state index is 0.0119. The van der Waals surface area contributed by atoms with Crippen LogP contribution in [0.1, 0.15) is 33.1 Å². The number of aromatic nitrogens is 2. The van der Waals surface area contributed by atoms with Crippen molar-refractivity contribution < 1.29 is 14.2 Å². The summed E-state index contributed by atoms with van der Waals surface area (Å²) in [6.07, 6.45) is 4.77. The fraction of sp³-hybridized carbons (Fsp3) is 0.733. The van der Waals surface area contributed by atoms with E-state index in [1.807, 2.05) is 13.8 Å². The largest absolute Gasteiger partial charge is 0.475 e. The van der Waals surface area contributed by atoms with Crippen LogP contribution in [0, 0.1) is 0 Å². The number of rotatable bonds is 4. The van der Waals surface area contributed by atoms with Gasteiger partial charge in [-0.1, -0.05) is 0 Å². The lowest BCUT2D eigenvalue weighted by atomic mass is 9.89. The zero-order valence-corrected chi connectivity index (χ0v) is 12.7. The molecule has 6 nitrogen and oxygen atoms in total. The minimum Gasteiger partial charge on any atom is -0.475 e. The first-order valence-corrected chi connectivity index (χ1v) is 7.66. The van der Waals surface area contributed by atoms with Gasteiger partial charge < -0.3 is 19.5 Å². The normalized spacial score (nSPS) is 24.4. The van der Waals surface area contributed by atoms with Crippen LogP contribution >= 0.6 is 0 Å². The Balaban J connectivity index is 1.59. The Bertz CT molecular complexity index is 475. The van der Waals surface area contributed by atoms with Gasteiger partial charge in [0.05, 0.1) is 18.3 Å². The molecule has 21 heavy (non-hydrogen) atoms. The summed E-state index contributed by atoms with van der Waals surface area (Å²) in [6, 6.07) is 2.11. The highest BCUT2D eigenvalue weighted by molar-refractivity contribution is 5.12. The van der Waals surface area contributed by atoms with Crippen LogP contribution < -0.4 is 14.8 Å². The van der Waals surface area contributed by atoms with E-state index in [1.165, 1.54) is 0 Å². The maximum Gasteiger partial charge on any atom is 0.320 e. The van der Waals surface area contributed by atoms with Crippen molar-refractivity contribution in [3.8, 4) is 11.9 Å². The third-order valence-corrected chi connectivity index (χ3v) is 3.93. The van der Waals surface area contributed by atoms with Gasteiger partial charge in [-0.25, -0.2) is 4.98 Å². The van der Waals surface area contributed by atoms with Gasteiger partial charge in [-0.05, 0) is 39.8 Å². The summed E-state index contributed by atoms with van der Waals surface area (Å²) in [5, 5.41) is 3.36. The Morgan fingerprint density at radius 3 is 2.95 bits per heavy atom. The Morgan fingerprint density at radius 1 is 1.38 bits per heavy atom. The predicted molar refractivity (Wildman–Crippen MR) is 77.6 cm³/mol. The van der Waals surface area contributed by atoms with E-state index in [-0.39, 0.29) is 17.8 Å². The minimum atomic E-state index is -0.0119. The molecule has 1 aromatic heterocycles. The summed E-state index contributed by atoms with van der Waals surface area (Å²) >= 11 is 0. The van der Waals surface area contributed by atoms with Crippen LogP contribution in [0.5, 0.6) is 11.9 Å². The van der Waals surface area contributed by atoms with Crippen molar-refractivity contribution >= 4 is 0 Å². The summed E-state index contributed by atoms with van der Waals surface area (Å²) in [7, 11) is 0. The van der Waals surface area contributed by atoms with Crippen LogP contribution in [-0.2, 0) is 4.74 Å². The molecule has 1 N–H and O–H groups in total. The Morgan fingerprint density at radius 2 is 2.19 bits per heavy atom. The summed E-state index contributed by atoms with van der Waals surface area (Å²) < 4.78 is 17.4. The predicted octanol–water partition coefficient (Wildman–Crippen LogP) is 1.55. The van der Waals surface area contributed by atoms with Gasteiger partial charge in [0, 0.05) is 18.7 Å². The zero-order chi connectivity index (χ0) is 14.7. The molecular weight excluding hydrogens is 270 g/mol. The van der Waals surface area contributed by atoms with Crippen LogP contribution in [0.25, 0.3) is 0 Å². The Labute approximate surface area is 125 Å². The average Bonchev–Trinajstić information content (AvgIpc) is 2.82. The van der Waals surface area contributed by atoms with Crippen LogP contribution in [0.2, 0.25) is 0 Å². The fourth-order valence-electron chi connectivity index (χ4n) is 2.95.